The topological polar surface area (TPSA) is 126 Å². The van der Waals surface area contributed by atoms with Crippen LogP contribution in [0.2, 0.25) is 0 Å². The number of halogens is 2. The van der Waals surface area contributed by atoms with E-state index >= 15 is 0 Å². The Labute approximate surface area is 250 Å². The number of hydrogen-bond acceptors (Lipinski definition) is 10. The largest absolute Gasteiger partial charge is 0.455 e. The zero-order valence-electron chi connectivity index (χ0n) is 23.6. The molecule has 42 heavy (non-hydrogen) atoms. The molecule has 4 heterocycles. The lowest BCUT2D eigenvalue weighted by molar-refractivity contribution is 0.00698. The van der Waals surface area contributed by atoms with E-state index in [1.165, 1.54) is 18.6 Å². The van der Waals surface area contributed by atoms with E-state index in [0.29, 0.717) is 53.8 Å². The fourth-order valence-corrected chi connectivity index (χ4v) is 5.14. The molecule has 0 saturated carbocycles. The van der Waals surface area contributed by atoms with Gasteiger partial charge in [-0.05, 0) is 73.5 Å². The Morgan fingerprint density at radius 1 is 1.19 bits per heavy atom. The van der Waals surface area contributed by atoms with Crippen molar-refractivity contribution in [3.63, 3.8) is 0 Å². The number of nitrogens with zero attached hydrogens (tertiary/aromatic N) is 6. The fraction of sp³-hybridized carbons (Fsp3) is 0.345. The van der Waals surface area contributed by atoms with Crippen molar-refractivity contribution in [3.8, 4) is 11.5 Å². The fourth-order valence-electron chi connectivity index (χ4n) is 4.58. The molecule has 1 amide bonds. The quantitative estimate of drug-likeness (QED) is 0.276. The van der Waals surface area contributed by atoms with Gasteiger partial charge in [-0.2, -0.15) is 0 Å². The Kier molecular flexibility index (Phi) is 8.41. The smallest absolute Gasteiger partial charge is 0.410 e. The molecule has 1 atom stereocenters. The van der Waals surface area contributed by atoms with Crippen molar-refractivity contribution < 1.29 is 23.8 Å². The molecule has 13 heteroatoms. The molecule has 1 fully saturated rings. The number of anilines is 3. The molecule has 2 N–H and O–H groups in total. The van der Waals surface area contributed by atoms with Crippen LogP contribution in [-0.2, 0) is 4.74 Å². The summed E-state index contributed by atoms with van der Waals surface area (Å²) in [7, 11) is 0. The molecule has 1 saturated heterocycles. The molecule has 0 unspecified atom stereocenters. The summed E-state index contributed by atoms with van der Waals surface area (Å²) >= 11 is 3.62. The first-order chi connectivity index (χ1) is 20.0. The Balaban J connectivity index is 1.37. The molecule has 11 nitrogen and oxygen atoms in total. The molecule has 1 aliphatic heterocycles. The third-order valence-corrected chi connectivity index (χ3v) is 7.10. The van der Waals surface area contributed by atoms with Gasteiger partial charge in [-0.25, -0.2) is 24.1 Å². The summed E-state index contributed by atoms with van der Waals surface area (Å²) < 4.78 is 25.6. The number of piperazine rings is 1. The zero-order chi connectivity index (χ0) is 30.0. The van der Waals surface area contributed by atoms with Crippen LogP contribution in [-0.4, -0.2) is 73.9 Å². The van der Waals surface area contributed by atoms with E-state index in [0.717, 1.165) is 21.9 Å². The normalized spacial score (nSPS) is 15.5. The lowest BCUT2D eigenvalue weighted by Crippen LogP contribution is -2.57. The maximum atomic E-state index is 13.5. The summed E-state index contributed by atoms with van der Waals surface area (Å²) in [6, 6.07) is 8.17. The number of carbonyl (C=O) groups is 1. The third-order valence-electron chi connectivity index (χ3n) is 6.51. The molecule has 1 aliphatic rings. The molecule has 3 aromatic heterocycles. The number of rotatable bonds is 6. The first-order valence-corrected chi connectivity index (χ1v) is 14.1. The second kappa shape index (κ2) is 12.0. The lowest BCUT2D eigenvalue weighted by Gasteiger charge is -2.41. The number of aromatic nitrogens is 4. The van der Waals surface area contributed by atoms with Crippen LogP contribution in [0.25, 0.3) is 11.0 Å². The Morgan fingerprint density at radius 2 is 2.00 bits per heavy atom. The number of nitrogens with one attached hydrogen (secondary N) is 1. The summed E-state index contributed by atoms with van der Waals surface area (Å²) in [4.78, 5) is 33.9. The second-order valence-electron chi connectivity index (χ2n) is 10.9. The van der Waals surface area contributed by atoms with E-state index in [1.54, 1.807) is 11.0 Å². The zero-order valence-corrected chi connectivity index (χ0v) is 25.2. The minimum absolute atomic E-state index is 0.217. The number of benzene rings is 1. The van der Waals surface area contributed by atoms with E-state index in [9.17, 15) is 14.3 Å². The van der Waals surface area contributed by atoms with Crippen LogP contribution in [0.4, 0.5) is 26.5 Å². The van der Waals surface area contributed by atoms with Crippen LogP contribution < -0.4 is 15.0 Å². The average molecular weight is 641 g/mol. The summed E-state index contributed by atoms with van der Waals surface area (Å²) in [5.74, 6) is 1.54. The molecule has 0 spiro atoms. The van der Waals surface area contributed by atoms with Crippen molar-refractivity contribution in [1.29, 1.82) is 0 Å². The van der Waals surface area contributed by atoms with Crippen molar-refractivity contribution in [1.82, 2.24) is 24.8 Å². The van der Waals surface area contributed by atoms with Gasteiger partial charge in [0.05, 0.1) is 35.0 Å². The van der Waals surface area contributed by atoms with Gasteiger partial charge in [0.2, 0.25) is 0 Å². The number of aliphatic hydroxyl groups excluding tert-OH is 1. The van der Waals surface area contributed by atoms with Crippen LogP contribution in [0.3, 0.4) is 0 Å². The SMILES string of the molecule is Cc1cc(Nc2ncnc3cc(Br)c(N4CCN(C(=O)OC(C)(C)C)[C@H](CO)C4)nc23)ccc1Oc1cncc(F)c1. The van der Waals surface area contributed by atoms with Gasteiger partial charge >= 0.3 is 6.09 Å². The van der Waals surface area contributed by atoms with Gasteiger partial charge in [0.1, 0.15) is 40.6 Å². The Morgan fingerprint density at radius 3 is 2.71 bits per heavy atom. The third kappa shape index (κ3) is 6.68. The van der Waals surface area contributed by atoms with Gasteiger partial charge in [0.25, 0.3) is 0 Å². The highest BCUT2D eigenvalue weighted by Gasteiger charge is 2.34. The van der Waals surface area contributed by atoms with Gasteiger partial charge in [-0.1, -0.05) is 0 Å². The summed E-state index contributed by atoms with van der Waals surface area (Å²) in [5.41, 5.74) is 2.11. The molecule has 4 aromatic rings. The second-order valence-corrected chi connectivity index (χ2v) is 11.7. The Hall–Kier alpha value is -4.10. The maximum Gasteiger partial charge on any atom is 0.410 e. The van der Waals surface area contributed by atoms with Crippen LogP contribution in [0.5, 0.6) is 11.5 Å². The summed E-state index contributed by atoms with van der Waals surface area (Å²) in [6.07, 6.45) is 3.57. The highest BCUT2D eigenvalue weighted by molar-refractivity contribution is 9.10. The standard InChI is InChI=1S/C29H31BrFN7O4/c1-17-9-19(5-6-24(17)41-21-10-18(31)12-32-13-21)35-26-25-23(33-16-34-26)11-22(30)27(36-25)37-7-8-38(20(14-37)15-39)28(40)42-29(2,3)4/h5-6,9-13,16,20,39H,7-8,14-15H2,1-4H3,(H,33,34,35)/t20-/m0/s1. The first-order valence-electron chi connectivity index (χ1n) is 13.3. The number of pyridine rings is 2. The van der Waals surface area contributed by atoms with E-state index in [-0.39, 0.29) is 6.61 Å². The van der Waals surface area contributed by atoms with Gasteiger partial charge in [-0.3, -0.25) is 9.88 Å². The number of fused-ring (bicyclic) bond motifs is 1. The van der Waals surface area contributed by atoms with Crippen molar-refractivity contribution in [2.24, 2.45) is 0 Å². The molecule has 0 aliphatic carbocycles. The molecule has 0 radical (unpaired) electrons. The highest BCUT2D eigenvalue weighted by atomic mass is 79.9. The van der Waals surface area contributed by atoms with Gasteiger partial charge in [0.15, 0.2) is 5.82 Å². The minimum atomic E-state index is -0.634. The van der Waals surface area contributed by atoms with E-state index in [1.807, 2.05) is 50.8 Å². The van der Waals surface area contributed by atoms with E-state index in [4.69, 9.17) is 14.5 Å². The number of amides is 1. The van der Waals surface area contributed by atoms with E-state index in [2.05, 4.69) is 36.2 Å². The number of hydrogen-bond donors (Lipinski definition) is 2. The predicted octanol–water partition coefficient (Wildman–Crippen LogP) is 5.58. The van der Waals surface area contributed by atoms with Crippen molar-refractivity contribution in [3.05, 3.63) is 64.9 Å². The summed E-state index contributed by atoms with van der Waals surface area (Å²) in [6.45, 7) is 8.32. The predicted molar refractivity (Wildman–Crippen MR) is 160 cm³/mol. The number of aryl methyl sites for hydroxylation is 1. The van der Waals surface area contributed by atoms with Crippen LogP contribution >= 0.6 is 15.9 Å². The van der Waals surface area contributed by atoms with E-state index < -0.39 is 23.6 Å². The molecular formula is C29H31BrFN7O4. The highest BCUT2D eigenvalue weighted by Crippen LogP contribution is 2.33. The monoisotopic (exact) mass is 639 g/mol. The lowest BCUT2D eigenvalue weighted by atomic mass is 10.1. The van der Waals surface area contributed by atoms with Crippen molar-refractivity contribution >= 4 is 50.4 Å². The van der Waals surface area contributed by atoms with Crippen molar-refractivity contribution in [2.75, 3.05) is 36.5 Å². The number of ether oxygens (including phenoxy) is 2. The molecule has 0 bridgehead atoms. The average Bonchev–Trinajstić information content (AvgIpc) is 2.93. The number of carbonyl (C=O) groups excluding carboxylic acids is 1. The van der Waals surface area contributed by atoms with Crippen LogP contribution in [0.1, 0.15) is 26.3 Å². The molecule has 220 valence electrons. The molecular weight excluding hydrogens is 609 g/mol. The Bertz CT molecular complexity index is 1620. The molecule has 1 aromatic carbocycles. The van der Waals surface area contributed by atoms with Crippen LogP contribution in [0.15, 0.2) is 53.5 Å². The minimum Gasteiger partial charge on any atom is -0.455 e. The van der Waals surface area contributed by atoms with Gasteiger partial charge < -0.3 is 24.8 Å². The summed E-state index contributed by atoms with van der Waals surface area (Å²) in [5, 5.41) is 13.4. The van der Waals surface area contributed by atoms with Gasteiger partial charge in [0, 0.05) is 31.4 Å². The van der Waals surface area contributed by atoms with Crippen molar-refractivity contribution in [2.45, 2.75) is 39.3 Å². The van der Waals surface area contributed by atoms with Crippen LogP contribution in [0, 0.1) is 12.7 Å². The first kappa shape index (κ1) is 29.4. The van der Waals surface area contributed by atoms with Gasteiger partial charge in [-0.15, -0.1) is 0 Å². The number of aliphatic hydroxyl groups is 1. The maximum absolute atomic E-state index is 13.5. The molecule has 5 rings (SSSR count).